The van der Waals surface area contributed by atoms with E-state index in [0.717, 1.165) is 37.7 Å². The van der Waals surface area contributed by atoms with Crippen molar-refractivity contribution in [3.05, 3.63) is 118 Å². The second kappa shape index (κ2) is 12.7. The molecule has 0 fully saturated rings. The van der Waals surface area contributed by atoms with Crippen molar-refractivity contribution in [1.29, 1.82) is 0 Å². The summed E-state index contributed by atoms with van der Waals surface area (Å²) in [5.41, 5.74) is 3.89. The standard InChI is InChI=1S/C31H23ClF2N2O3S/c32-25-18-23(12-15-27(25)39-31(33)34)35-29(37)17-22(30-36-26-8-4-5-9-28(26)40-30)16-20-10-13-24(14-11-20)38-19-21-6-2-1-3-7-21/h1-16,18,31H,17,19H2,(H,35,37). The molecule has 0 aliphatic rings. The summed E-state index contributed by atoms with van der Waals surface area (Å²) >= 11 is 7.54. The van der Waals surface area contributed by atoms with E-state index in [0.29, 0.717) is 12.3 Å². The maximum Gasteiger partial charge on any atom is 0.387 e. The third kappa shape index (κ3) is 7.22. The number of hydrogen-bond acceptors (Lipinski definition) is 5. The van der Waals surface area contributed by atoms with Crippen LogP contribution in [0.15, 0.2) is 97.1 Å². The van der Waals surface area contributed by atoms with Gasteiger partial charge in [-0.25, -0.2) is 4.98 Å². The first-order valence-electron chi connectivity index (χ1n) is 12.3. The minimum atomic E-state index is -3.00. The normalized spacial score (nSPS) is 11.6. The number of carbonyl (C=O) groups excluding carboxylic acids is 1. The number of ether oxygens (including phenoxy) is 2. The van der Waals surface area contributed by atoms with Crippen LogP contribution in [0.3, 0.4) is 0 Å². The van der Waals surface area contributed by atoms with Crippen molar-refractivity contribution in [2.24, 2.45) is 0 Å². The van der Waals surface area contributed by atoms with Gasteiger partial charge in [0.25, 0.3) is 0 Å². The second-order valence-corrected chi connectivity index (χ2v) is 10.2. The van der Waals surface area contributed by atoms with Crippen molar-refractivity contribution < 1.29 is 23.0 Å². The number of para-hydroxylation sites is 1. The van der Waals surface area contributed by atoms with Gasteiger partial charge in [-0.2, -0.15) is 8.78 Å². The molecule has 0 spiro atoms. The summed E-state index contributed by atoms with van der Waals surface area (Å²) in [4.78, 5) is 17.8. The van der Waals surface area contributed by atoms with Crippen molar-refractivity contribution in [1.82, 2.24) is 4.98 Å². The molecule has 1 heterocycles. The van der Waals surface area contributed by atoms with Gasteiger partial charge in [-0.15, -0.1) is 11.3 Å². The Morgan fingerprint density at radius 1 is 0.975 bits per heavy atom. The van der Waals surface area contributed by atoms with E-state index < -0.39 is 6.61 Å². The molecule has 1 aromatic heterocycles. The number of aromatic nitrogens is 1. The van der Waals surface area contributed by atoms with Gasteiger partial charge in [-0.3, -0.25) is 4.79 Å². The van der Waals surface area contributed by atoms with Gasteiger partial charge >= 0.3 is 6.61 Å². The Labute approximate surface area is 238 Å². The topological polar surface area (TPSA) is 60.5 Å². The monoisotopic (exact) mass is 576 g/mol. The van der Waals surface area contributed by atoms with Gasteiger partial charge in [0, 0.05) is 5.69 Å². The minimum absolute atomic E-state index is 0.0268. The van der Waals surface area contributed by atoms with Crippen LogP contribution in [0.5, 0.6) is 11.5 Å². The summed E-state index contributed by atoms with van der Waals surface area (Å²) in [6.07, 6.45) is 1.95. The van der Waals surface area contributed by atoms with Crippen molar-refractivity contribution in [3.63, 3.8) is 0 Å². The highest BCUT2D eigenvalue weighted by Gasteiger charge is 2.15. The minimum Gasteiger partial charge on any atom is -0.489 e. The summed E-state index contributed by atoms with van der Waals surface area (Å²) in [5.74, 6) is 0.254. The van der Waals surface area contributed by atoms with E-state index in [-0.39, 0.29) is 23.1 Å². The average molecular weight is 577 g/mol. The number of thiazole rings is 1. The molecular weight excluding hydrogens is 554 g/mol. The van der Waals surface area contributed by atoms with Gasteiger partial charge in [0.15, 0.2) is 0 Å². The average Bonchev–Trinajstić information content (AvgIpc) is 3.39. The molecule has 0 unspecified atom stereocenters. The van der Waals surface area contributed by atoms with Crippen LogP contribution in [0.1, 0.15) is 22.6 Å². The third-order valence-electron chi connectivity index (χ3n) is 5.82. The molecule has 0 saturated heterocycles. The zero-order valence-electron chi connectivity index (χ0n) is 21.0. The van der Waals surface area contributed by atoms with E-state index in [2.05, 4.69) is 10.1 Å². The summed E-state index contributed by atoms with van der Waals surface area (Å²) in [5, 5.41) is 3.46. The molecule has 5 rings (SSSR count). The van der Waals surface area contributed by atoms with E-state index in [9.17, 15) is 13.6 Å². The fourth-order valence-corrected chi connectivity index (χ4v) is 5.15. The number of nitrogens with one attached hydrogen (secondary N) is 1. The van der Waals surface area contributed by atoms with Gasteiger partial charge in [0.05, 0.1) is 21.7 Å². The fourth-order valence-electron chi connectivity index (χ4n) is 3.95. The van der Waals surface area contributed by atoms with Crippen LogP contribution in [-0.2, 0) is 11.4 Å². The Kier molecular flexibility index (Phi) is 8.68. The molecule has 5 nitrogen and oxygen atoms in total. The van der Waals surface area contributed by atoms with Crippen molar-refractivity contribution in [2.75, 3.05) is 5.32 Å². The largest absolute Gasteiger partial charge is 0.489 e. The summed E-state index contributed by atoms with van der Waals surface area (Å²) in [7, 11) is 0. The zero-order chi connectivity index (χ0) is 27.9. The number of nitrogens with zero attached hydrogens (tertiary/aromatic N) is 1. The smallest absolute Gasteiger partial charge is 0.387 e. The maximum atomic E-state index is 13.1. The Hall–Kier alpha value is -4.27. The van der Waals surface area contributed by atoms with Crippen LogP contribution in [-0.4, -0.2) is 17.5 Å². The summed E-state index contributed by atoms with van der Waals surface area (Å²) in [6.45, 7) is -2.53. The predicted octanol–water partition coefficient (Wildman–Crippen LogP) is 8.70. The Bertz CT molecular complexity index is 1610. The fraction of sp³-hybridized carbons (Fsp3) is 0.0968. The van der Waals surface area contributed by atoms with Gasteiger partial charge in [0.2, 0.25) is 5.91 Å². The third-order valence-corrected chi connectivity index (χ3v) is 7.23. The van der Waals surface area contributed by atoms with Crippen molar-refractivity contribution in [3.8, 4) is 11.5 Å². The molecule has 1 amide bonds. The number of carbonyl (C=O) groups is 1. The lowest BCUT2D eigenvalue weighted by Gasteiger charge is -2.11. The Morgan fingerprint density at radius 3 is 2.45 bits per heavy atom. The number of anilines is 1. The summed E-state index contributed by atoms with van der Waals surface area (Å²) < 4.78 is 36.3. The highest BCUT2D eigenvalue weighted by Crippen LogP contribution is 2.32. The van der Waals surface area contributed by atoms with Crippen LogP contribution in [0, 0.1) is 0 Å². The van der Waals surface area contributed by atoms with E-state index in [1.807, 2.05) is 84.9 Å². The van der Waals surface area contributed by atoms with Gasteiger partial charge in [-0.05, 0) is 65.2 Å². The molecule has 0 aliphatic heterocycles. The highest BCUT2D eigenvalue weighted by atomic mass is 35.5. The number of fused-ring (bicyclic) bond motifs is 1. The van der Waals surface area contributed by atoms with E-state index in [4.69, 9.17) is 21.3 Å². The van der Waals surface area contributed by atoms with Gasteiger partial charge in [-0.1, -0.05) is 66.2 Å². The van der Waals surface area contributed by atoms with Crippen LogP contribution in [0.25, 0.3) is 21.9 Å². The highest BCUT2D eigenvalue weighted by molar-refractivity contribution is 7.19. The van der Waals surface area contributed by atoms with Crippen molar-refractivity contribution in [2.45, 2.75) is 19.6 Å². The SMILES string of the molecule is O=C(CC(=Cc1ccc(OCc2ccccc2)cc1)c1nc2ccccc2s1)Nc1ccc(OC(F)F)c(Cl)c1. The molecule has 40 heavy (non-hydrogen) atoms. The van der Waals surface area contributed by atoms with Crippen molar-refractivity contribution >= 4 is 56.4 Å². The number of benzene rings is 4. The first-order chi connectivity index (χ1) is 19.4. The maximum absolute atomic E-state index is 13.1. The molecule has 1 N–H and O–H groups in total. The Morgan fingerprint density at radius 2 is 1.73 bits per heavy atom. The molecular formula is C31H23ClF2N2O3S. The van der Waals surface area contributed by atoms with Crippen LogP contribution in [0.2, 0.25) is 5.02 Å². The number of amides is 1. The molecule has 0 bridgehead atoms. The summed E-state index contributed by atoms with van der Waals surface area (Å²) in [6, 6.07) is 29.4. The van der Waals surface area contributed by atoms with Crippen LogP contribution in [0.4, 0.5) is 14.5 Å². The lowest BCUT2D eigenvalue weighted by Crippen LogP contribution is -2.12. The zero-order valence-corrected chi connectivity index (χ0v) is 22.6. The van der Waals surface area contributed by atoms with Crippen LogP contribution >= 0.6 is 22.9 Å². The van der Waals surface area contributed by atoms with E-state index >= 15 is 0 Å². The number of hydrogen-bond donors (Lipinski definition) is 1. The molecule has 4 aromatic carbocycles. The molecule has 5 aromatic rings. The first-order valence-corrected chi connectivity index (χ1v) is 13.5. The van der Waals surface area contributed by atoms with Gasteiger partial charge in [0.1, 0.15) is 23.1 Å². The first kappa shape index (κ1) is 27.3. The quantitative estimate of drug-likeness (QED) is 0.181. The number of alkyl halides is 2. The molecule has 202 valence electrons. The van der Waals surface area contributed by atoms with E-state index in [1.54, 1.807) is 0 Å². The second-order valence-electron chi connectivity index (χ2n) is 8.75. The Balaban J connectivity index is 1.35. The molecule has 0 radical (unpaired) electrons. The number of halogens is 3. The molecule has 0 saturated carbocycles. The van der Waals surface area contributed by atoms with Gasteiger partial charge < -0.3 is 14.8 Å². The lowest BCUT2D eigenvalue weighted by atomic mass is 10.1. The molecule has 0 atom stereocenters. The predicted molar refractivity (Wildman–Crippen MR) is 156 cm³/mol. The van der Waals surface area contributed by atoms with Crippen LogP contribution < -0.4 is 14.8 Å². The van der Waals surface area contributed by atoms with E-state index in [1.165, 1.54) is 29.5 Å². The number of rotatable bonds is 10. The molecule has 9 heteroatoms. The molecule has 0 aliphatic carbocycles. The lowest BCUT2D eigenvalue weighted by molar-refractivity contribution is -0.115.